The minimum Gasteiger partial charge on any atom is -0.549 e. The number of carbonyl (C=O) groups is 1. The number of hydrogen-bond acceptors (Lipinski definition) is 3. The van der Waals surface area contributed by atoms with Gasteiger partial charge in [-0.2, -0.15) is 0 Å². The van der Waals surface area contributed by atoms with Crippen LogP contribution in [0.5, 0.6) is 0 Å². The van der Waals surface area contributed by atoms with Gasteiger partial charge >= 0.3 is 0 Å². The number of carboxylic acids is 1. The lowest BCUT2D eigenvalue weighted by atomic mass is 10.5. The van der Waals surface area contributed by atoms with E-state index in [4.69, 9.17) is 0 Å². The third-order valence-corrected chi connectivity index (χ3v) is 1.25. The van der Waals surface area contributed by atoms with Crippen LogP contribution in [-0.2, 0) is 4.79 Å². The summed E-state index contributed by atoms with van der Waals surface area (Å²) in [7, 11) is 0. The number of carbonyl (C=O) groups excluding carboxylic acids is 1. The molecule has 4 N–H and O–H groups in total. The average Bonchev–Trinajstić information content (AvgIpc) is 1.82. The molecule has 4 nitrogen and oxygen atoms in total. The van der Waals surface area contributed by atoms with Crippen molar-refractivity contribution in [3.05, 3.63) is 0 Å². The highest BCUT2D eigenvalue weighted by Gasteiger charge is 1.96. The van der Waals surface area contributed by atoms with Crippen molar-refractivity contribution >= 4 is 5.97 Å². The van der Waals surface area contributed by atoms with Crippen molar-refractivity contribution in [1.29, 1.82) is 0 Å². The van der Waals surface area contributed by atoms with Crippen molar-refractivity contribution in [1.82, 2.24) is 11.1 Å². The van der Waals surface area contributed by atoms with Crippen LogP contribution >= 0.6 is 0 Å². The predicted molar refractivity (Wildman–Crippen MR) is 38.8 cm³/mol. The zero-order chi connectivity index (χ0) is 7.28. The van der Waals surface area contributed by atoms with E-state index in [1.54, 1.807) is 4.90 Å². The van der Waals surface area contributed by atoms with Crippen LogP contribution in [0.25, 0.3) is 0 Å². The summed E-state index contributed by atoms with van der Waals surface area (Å²) < 4.78 is 0. The third kappa shape index (κ3) is 5.53. The molecule has 0 saturated heterocycles. The summed E-state index contributed by atoms with van der Waals surface area (Å²) in [5.41, 5.74) is 0. The first-order chi connectivity index (χ1) is 4.20. The van der Waals surface area contributed by atoms with Crippen LogP contribution in [0.1, 0.15) is 13.8 Å². The number of quaternary nitrogens is 1. The van der Waals surface area contributed by atoms with E-state index < -0.39 is 5.97 Å². The maximum Gasteiger partial charge on any atom is 0.0555 e. The predicted octanol–water partition coefficient (Wildman–Crippen LogP) is -0.546. The summed E-state index contributed by atoms with van der Waals surface area (Å²) in [6.07, 6.45) is 0. The van der Waals surface area contributed by atoms with Crippen molar-refractivity contribution in [2.75, 3.05) is 19.6 Å². The fourth-order valence-electron chi connectivity index (χ4n) is 0.630. The van der Waals surface area contributed by atoms with Gasteiger partial charge in [-0.15, -0.1) is 0 Å². The topological polar surface area (TPSA) is 79.9 Å². The first kappa shape index (κ1) is 12.1. The molecular weight excluding hydrogens is 132 g/mol. The van der Waals surface area contributed by atoms with Gasteiger partial charge in [0.25, 0.3) is 0 Å². The maximum absolute atomic E-state index is 9.97. The number of rotatable bonds is 4. The second kappa shape index (κ2) is 6.51. The van der Waals surface area contributed by atoms with E-state index in [0.29, 0.717) is 0 Å². The Labute approximate surface area is 61.4 Å². The van der Waals surface area contributed by atoms with Gasteiger partial charge in [-0.3, -0.25) is 4.90 Å². The van der Waals surface area contributed by atoms with E-state index in [1.165, 1.54) is 0 Å². The normalized spacial score (nSPS) is 9.10. The van der Waals surface area contributed by atoms with Crippen LogP contribution in [-0.4, -0.2) is 30.5 Å². The quantitative estimate of drug-likeness (QED) is 0.581. The van der Waals surface area contributed by atoms with E-state index in [2.05, 4.69) is 0 Å². The van der Waals surface area contributed by atoms with Crippen molar-refractivity contribution in [2.45, 2.75) is 13.8 Å². The number of likely N-dealkylation sites (N-methyl/N-ethyl adjacent to an activating group) is 1. The Morgan fingerprint density at radius 1 is 1.40 bits per heavy atom. The lowest BCUT2D eigenvalue weighted by Gasteiger charge is -2.17. The van der Waals surface area contributed by atoms with Crippen LogP contribution < -0.4 is 11.3 Å². The number of nitrogens with zero attached hydrogens (tertiary/aromatic N) is 1. The van der Waals surface area contributed by atoms with E-state index in [1.807, 2.05) is 13.8 Å². The van der Waals surface area contributed by atoms with Gasteiger partial charge in [0.1, 0.15) is 0 Å². The number of aliphatic carboxylic acids is 1. The van der Waals surface area contributed by atoms with Gasteiger partial charge in [-0.25, -0.2) is 0 Å². The maximum atomic E-state index is 9.97. The molecule has 0 aliphatic heterocycles. The molecule has 0 unspecified atom stereocenters. The third-order valence-electron chi connectivity index (χ3n) is 1.25. The minimum atomic E-state index is -1.00. The zero-order valence-electron chi connectivity index (χ0n) is 6.89. The molecule has 0 amide bonds. The molecule has 0 radical (unpaired) electrons. The van der Waals surface area contributed by atoms with Crippen molar-refractivity contribution < 1.29 is 9.90 Å². The van der Waals surface area contributed by atoms with Crippen LogP contribution in [0.4, 0.5) is 0 Å². The molecule has 0 atom stereocenters. The molecule has 0 aromatic rings. The Balaban J connectivity index is 0. The monoisotopic (exact) mass is 148 g/mol. The molecule has 10 heavy (non-hydrogen) atoms. The Hall–Kier alpha value is -0.610. The van der Waals surface area contributed by atoms with Crippen molar-refractivity contribution in [3.63, 3.8) is 0 Å². The molecule has 0 aromatic heterocycles. The number of hydrogen-bond donors (Lipinski definition) is 1. The van der Waals surface area contributed by atoms with Gasteiger partial charge < -0.3 is 16.1 Å². The Morgan fingerprint density at radius 2 is 1.80 bits per heavy atom. The highest BCUT2D eigenvalue weighted by atomic mass is 16.4. The lowest BCUT2D eigenvalue weighted by molar-refractivity contribution is -0.306. The van der Waals surface area contributed by atoms with Gasteiger partial charge in [-0.05, 0) is 13.1 Å². The first-order valence-corrected chi connectivity index (χ1v) is 3.12. The summed E-state index contributed by atoms with van der Waals surface area (Å²) in [6, 6.07) is 0. The van der Waals surface area contributed by atoms with Crippen LogP contribution in [0.2, 0.25) is 0 Å². The molecule has 0 aliphatic rings. The molecule has 0 fully saturated rings. The Bertz CT molecular complexity index is 91.7. The van der Waals surface area contributed by atoms with Crippen molar-refractivity contribution in [2.24, 2.45) is 0 Å². The van der Waals surface area contributed by atoms with E-state index in [0.717, 1.165) is 13.1 Å². The van der Waals surface area contributed by atoms with E-state index >= 15 is 0 Å². The molecule has 4 heteroatoms. The lowest BCUT2D eigenvalue weighted by Crippen LogP contribution is -2.37. The number of carboxylic acid groups (broad SMARTS) is 1. The van der Waals surface area contributed by atoms with Gasteiger partial charge in [0.05, 0.1) is 5.97 Å². The van der Waals surface area contributed by atoms with Gasteiger partial charge in [0, 0.05) is 6.54 Å². The molecular formula is C6H16N2O2. The van der Waals surface area contributed by atoms with Crippen LogP contribution in [0.3, 0.4) is 0 Å². The molecule has 0 heterocycles. The molecule has 0 aliphatic carbocycles. The fourth-order valence-corrected chi connectivity index (χ4v) is 0.630. The highest BCUT2D eigenvalue weighted by Crippen LogP contribution is 1.82. The molecule has 0 spiro atoms. The van der Waals surface area contributed by atoms with Gasteiger partial charge in [0.2, 0.25) is 0 Å². The van der Waals surface area contributed by atoms with Crippen LogP contribution in [0, 0.1) is 0 Å². The SMILES string of the molecule is CCN(CC)CC(=O)[O-].[NH4+]. The zero-order valence-corrected chi connectivity index (χ0v) is 6.89. The smallest absolute Gasteiger partial charge is 0.0555 e. The van der Waals surface area contributed by atoms with Gasteiger partial charge in [-0.1, -0.05) is 13.8 Å². The highest BCUT2D eigenvalue weighted by molar-refractivity contribution is 5.66. The summed E-state index contributed by atoms with van der Waals surface area (Å²) in [5, 5.41) is 9.97. The second-order valence-electron chi connectivity index (χ2n) is 1.83. The molecule has 0 bridgehead atoms. The van der Waals surface area contributed by atoms with E-state index in [9.17, 15) is 9.90 Å². The molecule has 0 aromatic carbocycles. The largest absolute Gasteiger partial charge is 0.549 e. The van der Waals surface area contributed by atoms with Crippen LogP contribution in [0.15, 0.2) is 0 Å². The summed E-state index contributed by atoms with van der Waals surface area (Å²) in [6.45, 7) is 5.43. The summed E-state index contributed by atoms with van der Waals surface area (Å²) in [4.78, 5) is 11.8. The Kier molecular flexibility index (Phi) is 7.88. The first-order valence-electron chi connectivity index (χ1n) is 3.12. The summed E-state index contributed by atoms with van der Waals surface area (Å²) in [5.74, 6) is -1.00. The van der Waals surface area contributed by atoms with E-state index in [-0.39, 0.29) is 12.7 Å². The second-order valence-corrected chi connectivity index (χ2v) is 1.83. The Morgan fingerprint density at radius 3 is 1.90 bits per heavy atom. The van der Waals surface area contributed by atoms with Crippen molar-refractivity contribution in [3.8, 4) is 0 Å². The minimum absolute atomic E-state index is 0. The molecule has 0 rings (SSSR count). The molecule has 62 valence electrons. The summed E-state index contributed by atoms with van der Waals surface area (Å²) >= 11 is 0. The molecule has 0 saturated carbocycles. The standard InChI is InChI=1S/C6H13NO2.H3N/c1-3-7(4-2)5-6(8)9;/h3-5H2,1-2H3,(H,8,9);1H3. The average molecular weight is 148 g/mol. The fraction of sp³-hybridized carbons (Fsp3) is 0.833. The van der Waals surface area contributed by atoms with Gasteiger partial charge in [0.15, 0.2) is 0 Å².